The van der Waals surface area contributed by atoms with E-state index in [0.29, 0.717) is 6.61 Å². The van der Waals surface area contributed by atoms with Crippen molar-refractivity contribution in [2.24, 2.45) is 0 Å². The Bertz CT molecular complexity index is 405. The number of benzene rings is 1. The maximum atomic E-state index is 12.7. The number of nitrogen functional groups attached to an aromatic ring is 1. The summed E-state index contributed by atoms with van der Waals surface area (Å²) >= 11 is 0. The van der Waals surface area contributed by atoms with Gasteiger partial charge >= 0.3 is 0 Å². The van der Waals surface area contributed by atoms with Crippen LogP contribution >= 0.6 is 0 Å². The van der Waals surface area contributed by atoms with Gasteiger partial charge in [0.15, 0.2) is 5.78 Å². The molecule has 0 amide bonds. The average Bonchev–Trinajstić information content (AvgIpc) is 2.20. The molecule has 88 valence electrons. The van der Waals surface area contributed by atoms with Crippen molar-refractivity contribution in [3.8, 4) is 5.75 Å². The number of ether oxygens (including phenoxy) is 1. The van der Waals surface area contributed by atoms with Crippen LogP contribution in [0.1, 0.15) is 36.2 Å². The Labute approximate surface area is 92.2 Å². The molecule has 1 aromatic carbocycles. The third kappa shape index (κ3) is 2.48. The highest BCUT2D eigenvalue weighted by atomic mass is 19.3. The van der Waals surface area contributed by atoms with Gasteiger partial charge < -0.3 is 10.5 Å². The van der Waals surface area contributed by atoms with Crippen LogP contribution in [-0.2, 0) is 0 Å². The van der Waals surface area contributed by atoms with Crippen LogP contribution in [0.2, 0.25) is 0 Å². The fourth-order valence-electron chi connectivity index (χ4n) is 1.38. The van der Waals surface area contributed by atoms with Crippen molar-refractivity contribution in [3.05, 3.63) is 23.3 Å². The molecule has 16 heavy (non-hydrogen) atoms. The topological polar surface area (TPSA) is 52.3 Å². The van der Waals surface area contributed by atoms with E-state index in [1.165, 1.54) is 13.0 Å². The lowest BCUT2D eigenvalue weighted by molar-refractivity contribution is 0.0999. The first kappa shape index (κ1) is 12.4. The Balaban J connectivity index is 3.31. The highest BCUT2D eigenvalue weighted by Gasteiger charge is 2.18. The van der Waals surface area contributed by atoms with Gasteiger partial charge in [0.25, 0.3) is 6.43 Å². The van der Waals surface area contributed by atoms with Gasteiger partial charge in [0, 0.05) is 11.1 Å². The second kappa shape index (κ2) is 4.92. The number of rotatable bonds is 4. The van der Waals surface area contributed by atoms with Gasteiger partial charge in [-0.05, 0) is 26.0 Å². The molecule has 0 heterocycles. The number of nitrogens with two attached hydrogens (primary N) is 1. The Morgan fingerprint density at radius 2 is 2.12 bits per heavy atom. The van der Waals surface area contributed by atoms with Crippen LogP contribution in [0.25, 0.3) is 0 Å². The largest absolute Gasteiger partial charge is 0.492 e. The molecule has 0 saturated heterocycles. The number of carbonyl (C=O) groups is 1. The monoisotopic (exact) mass is 229 g/mol. The van der Waals surface area contributed by atoms with Crippen LogP contribution in [0.5, 0.6) is 5.75 Å². The SMILES string of the molecule is CCOc1cc(C(F)F)c(C(C)=O)cc1N. The first-order chi connectivity index (χ1) is 7.47. The van der Waals surface area contributed by atoms with Gasteiger partial charge in [0.1, 0.15) is 5.75 Å². The lowest BCUT2D eigenvalue weighted by Crippen LogP contribution is -2.05. The summed E-state index contributed by atoms with van der Waals surface area (Å²) in [6, 6.07) is 2.36. The predicted octanol–water partition coefficient (Wildman–Crippen LogP) is 2.81. The second-order valence-electron chi connectivity index (χ2n) is 3.27. The predicted molar refractivity (Wildman–Crippen MR) is 57.0 cm³/mol. The molecule has 0 aliphatic heterocycles. The number of hydrogen-bond acceptors (Lipinski definition) is 3. The fourth-order valence-corrected chi connectivity index (χ4v) is 1.38. The minimum atomic E-state index is -2.72. The van der Waals surface area contributed by atoms with E-state index in [9.17, 15) is 13.6 Å². The van der Waals surface area contributed by atoms with Gasteiger partial charge in [-0.25, -0.2) is 8.78 Å². The summed E-state index contributed by atoms with van der Waals surface area (Å²) < 4.78 is 30.5. The standard InChI is InChI=1S/C11H13F2NO2/c1-3-16-10-5-8(11(12)13)7(6(2)15)4-9(10)14/h4-5,11H,3,14H2,1-2H3. The molecular weight excluding hydrogens is 216 g/mol. The average molecular weight is 229 g/mol. The van der Waals surface area contributed by atoms with Gasteiger partial charge in [-0.3, -0.25) is 4.79 Å². The number of Topliss-reactive ketones (excluding diaryl/α,β-unsaturated/α-hetero) is 1. The minimum absolute atomic E-state index is 0.0593. The molecule has 0 spiro atoms. The van der Waals surface area contributed by atoms with E-state index in [-0.39, 0.29) is 22.6 Å². The van der Waals surface area contributed by atoms with Gasteiger partial charge in [-0.2, -0.15) is 0 Å². The molecule has 2 N–H and O–H groups in total. The van der Waals surface area contributed by atoms with Gasteiger partial charge in [-0.1, -0.05) is 0 Å². The van der Waals surface area contributed by atoms with E-state index in [2.05, 4.69) is 0 Å². The molecule has 0 bridgehead atoms. The molecule has 0 aliphatic rings. The van der Waals surface area contributed by atoms with Crippen LogP contribution in [0.3, 0.4) is 0 Å². The molecule has 1 aromatic rings. The number of hydrogen-bond donors (Lipinski definition) is 1. The summed E-state index contributed by atoms with van der Waals surface area (Å²) in [5.74, 6) is -0.257. The van der Waals surface area contributed by atoms with E-state index in [4.69, 9.17) is 10.5 Å². The molecule has 0 unspecified atom stereocenters. The third-order valence-electron chi connectivity index (χ3n) is 2.10. The zero-order chi connectivity index (χ0) is 12.3. The maximum absolute atomic E-state index is 12.7. The lowest BCUT2D eigenvalue weighted by atomic mass is 10.0. The minimum Gasteiger partial charge on any atom is -0.492 e. The van der Waals surface area contributed by atoms with Crippen LogP contribution < -0.4 is 10.5 Å². The molecule has 0 aromatic heterocycles. The van der Waals surface area contributed by atoms with Gasteiger partial charge in [-0.15, -0.1) is 0 Å². The third-order valence-corrected chi connectivity index (χ3v) is 2.10. The van der Waals surface area contributed by atoms with Gasteiger partial charge in [0.2, 0.25) is 0 Å². The molecule has 0 fully saturated rings. The summed E-state index contributed by atoms with van der Waals surface area (Å²) in [6.45, 7) is 3.27. The zero-order valence-electron chi connectivity index (χ0n) is 9.09. The summed E-state index contributed by atoms with van der Waals surface area (Å²) in [5.41, 5.74) is 5.38. The summed E-state index contributed by atoms with van der Waals surface area (Å²) in [4.78, 5) is 11.2. The van der Waals surface area contributed by atoms with E-state index in [0.717, 1.165) is 6.07 Å². The van der Waals surface area contributed by atoms with Crippen molar-refractivity contribution in [2.45, 2.75) is 20.3 Å². The molecule has 1 rings (SSSR count). The van der Waals surface area contributed by atoms with Crippen molar-refractivity contribution in [2.75, 3.05) is 12.3 Å². The Hall–Kier alpha value is -1.65. The number of ketones is 1. The quantitative estimate of drug-likeness (QED) is 0.638. The summed E-state index contributed by atoms with van der Waals surface area (Å²) in [7, 11) is 0. The first-order valence-electron chi connectivity index (χ1n) is 4.82. The Morgan fingerprint density at radius 1 is 1.50 bits per heavy atom. The number of halogens is 2. The van der Waals surface area contributed by atoms with Crippen LogP contribution in [0.15, 0.2) is 12.1 Å². The van der Waals surface area contributed by atoms with Crippen molar-refractivity contribution in [1.82, 2.24) is 0 Å². The van der Waals surface area contributed by atoms with Crippen LogP contribution in [-0.4, -0.2) is 12.4 Å². The van der Waals surface area contributed by atoms with Crippen LogP contribution in [0, 0.1) is 0 Å². The Kier molecular flexibility index (Phi) is 3.82. The molecule has 3 nitrogen and oxygen atoms in total. The molecule has 0 aliphatic carbocycles. The van der Waals surface area contributed by atoms with Gasteiger partial charge in [0.05, 0.1) is 12.3 Å². The van der Waals surface area contributed by atoms with E-state index >= 15 is 0 Å². The first-order valence-corrected chi connectivity index (χ1v) is 4.82. The fraction of sp³-hybridized carbons (Fsp3) is 0.364. The molecule has 0 atom stereocenters. The van der Waals surface area contributed by atoms with Crippen LogP contribution in [0.4, 0.5) is 14.5 Å². The van der Waals surface area contributed by atoms with E-state index in [1.54, 1.807) is 6.92 Å². The van der Waals surface area contributed by atoms with Crippen molar-refractivity contribution >= 4 is 11.5 Å². The van der Waals surface area contributed by atoms with E-state index < -0.39 is 12.2 Å². The van der Waals surface area contributed by atoms with Crippen molar-refractivity contribution in [1.29, 1.82) is 0 Å². The highest BCUT2D eigenvalue weighted by Crippen LogP contribution is 2.32. The molecule has 5 heteroatoms. The normalized spacial score (nSPS) is 10.6. The summed E-state index contributed by atoms with van der Waals surface area (Å²) in [6.07, 6.45) is -2.72. The van der Waals surface area contributed by atoms with Crippen molar-refractivity contribution < 1.29 is 18.3 Å². The maximum Gasteiger partial charge on any atom is 0.264 e. The molecular formula is C11H13F2NO2. The highest BCUT2D eigenvalue weighted by molar-refractivity contribution is 5.97. The molecule has 0 saturated carbocycles. The second-order valence-corrected chi connectivity index (χ2v) is 3.27. The van der Waals surface area contributed by atoms with E-state index in [1.807, 2.05) is 0 Å². The smallest absolute Gasteiger partial charge is 0.264 e. The number of alkyl halides is 2. The molecule has 0 radical (unpaired) electrons. The van der Waals surface area contributed by atoms with Crippen molar-refractivity contribution in [3.63, 3.8) is 0 Å². The Morgan fingerprint density at radius 3 is 2.56 bits per heavy atom. The zero-order valence-corrected chi connectivity index (χ0v) is 9.09. The number of anilines is 1. The summed E-state index contributed by atoms with van der Waals surface area (Å²) in [5, 5.41) is 0. The lowest BCUT2D eigenvalue weighted by Gasteiger charge is -2.12. The number of carbonyl (C=O) groups excluding carboxylic acids is 1.